The van der Waals surface area contributed by atoms with E-state index in [9.17, 15) is 14.4 Å². The number of unbranched alkanes of at least 4 members (excludes halogenated alkanes) is 33. The summed E-state index contributed by atoms with van der Waals surface area (Å²) in [5.74, 6) is -0.884. The predicted molar refractivity (Wildman–Crippen MR) is 339 cm³/mol. The molecule has 0 aliphatic rings. The summed E-state index contributed by atoms with van der Waals surface area (Å²) < 4.78 is 16.9. The summed E-state index contributed by atoms with van der Waals surface area (Å²) >= 11 is 0. The summed E-state index contributed by atoms with van der Waals surface area (Å²) in [7, 11) is 0. The van der Waals surface area contributed by atoms with E-state index in [-0.39, 0.29) is 31.1 Å². The summed E-state index contributed by atoms with van der Waals surface area (Å²) in [6, 6.07) is 0. The van der Waals surface area contributed by atoms with Crippen LogP contribution in [-0.2, 0) is 28.6 Å². The van der Waals surface area contributed by atoms with Crippen molar-refractivity contribution in [3.63, 3.8) is 0 Å². The molecule has 0 rings (SSSR count). The molecule has 0 fully saturated rings. The Balaban J connectivity index is 4.23. The molecule has 1 atom stereocenters. The number of esters is 3. The lowest BCUT2D eigenvalue weighted by atomic mass is 10.0. The molecule has 0 bridgehead atoms. The Kier molecular flexibility index (Phi) is 62.7. The summed E-state index contributed by atoms with van der Waals surface area (Å²) in [5, 5.41) is 0. The van der Waals surface area contributed by atoms with Gasteiger partial charge in [-0.25, -0.2) is 0 Å². The van der Waals surface area contributed by atoms with Crippen molar-refractivity contribution in [3.8, 4) is 0 Å². The van der Waals surface area contributed by atoms with Crippen LogP contribution < -0.4 is 0 Å². The second-order valence-electron chi connectivity index (χ2n) is 22.0. The highest BCUT2D eigenvalue weighted by molar-refractivity contribution is 5.71. The molecule has 0 saturated heterocycles. The van der Waals surface area contributed by atoms with Crippen LogP contribution in [0.5, 0.6) is 0 Å². The fourth-order valence-electron chi connectivity index (χ4n) is 9.36. The Bertz CT molecular complexity index is 1530. The summed E-state index contributed by atoms with van der Waals surface area (Å²) in [6.07, 6.45) is 88.5. The summed E-state index contributed by atoms with van der Waals surface area (Å²) in [6.45, 7) is 6.52. The fraction of sp³-hybridized carbons (Fsp3) is 0.736. The molecule has 0 radical (unpaired) electrons. The highest BCUT2D eigenvalue weighted by atomic mass is 16.6. The minimum Gasteiger partial charge on any atom is -0.462 e. The molecule has 6 nitrogen and oxygen atoms in total. The first-order valence-electron chi connectivity index (χ1n) is 33.2. The first-order chi connectivity index (χ1) is 38.5. The van der Waals surface area contributed by atoms with Gasteiger partial charge >= 0.3 is 17.9 Å². The first-order valence-corrected chi connectivity index (χ1v) is 33.2. The second kappa shape index (κ2) is 65.8. The zero-order valence-corrected chi connectivity index (χ0v) is 51.4. The standard InChI is InChI=1S/C72H124O6/c1-4-7-10-13-16-19-22-24-26-28-30-32-33-34-35-36-37-38-39-41-42-44-46-48-50-53-56-59-62-65-71(74)77-68-69(67-76-70(73)64-61-58-55-52-21-18-15-12-9-6-3)78-72(75)66-63-60-57-54-51-49-47-45-43-40-31-29-27-25-23-20-17-14-11-8-5-2/h7,10,16,19,23-26,29-32,34-35,43,45,69H,4-6,8-9,11-15,17-18,20-22,27-28,33,36-42,44,46-68H2,1-3H3/b10-7-,19-16-,25-23-,26-24-,31-29-,32-30-,35-34-,45-43-. The predicted octanol–water partition coefficient (Wildman–Crippen LogP) is 22.8. The average Bonchev–Trinajstić information content (AvgIpc) is 3.44. The van der Waals surface area contributed by atoms with E-state index in [2.05, 4.69) is 118 Å². The van der Waals surface area contributed by atoms with Gasteiger partial charge in [0.05, 0.1) is 0 Å². The van der Waals surface area contributed by atoms with Gasteiger partial charge in [-0.3, -0.25) is 14.4 Å². The van der Waals surface area contributed by atoms with Crippen molar-refractivity contribution in [2.45, 2.75) is 329 Å². The van der Waals surface area contributed by atoms with Crippen LogP contribution in [0.2, 0.25) is 0 Å². The summed E-state index contributed by atoms with van der Waals surface area (Å²) in [5.41, 5.74) is 0. The molecule has 0 aliphatic heterocycles. The van der Waals surface area contributed by atoms with E-state index < -0.39 is 6.10 Å². The van der Waals surface area contributed by atoms with Gasteiger partial charge in [-0.15, -0.1) is 0 Å². The van der Waals surface area contributed by atoms with Crippen molar-refractivity contribution in [1.29, 1.82) is 0 Å². The molecular weight excluding hydrogens is 961 g/mol. The molecular formula is C72H124O6. The van der Waals surface area contributed by atoms with Crippen LogP contribution in [0.3, 0.4) is 0 Å². The molecule has 0 amide bonds. The molecule has 1 unspecified atom stereocenters. The SMILES string of the molecule is CC/C=C\C/C=C\C/C=C\C/C=C\C/C=C\CCCCCCCCCCCCCCCC(=O)OCC(COC(=O)CCCCCCCCCCCC)OC(=O)CCCCCCCC/C=C\C/C=C\C/C=C\CCCCCCC. The molecule has 0 aliphatic carbocycles. The van der Waals surface area contributed by atoms with Gasteiger partial charge in [-0.05, 0) is 103 Å². The highest BCUT2D eigenvalue weighted by Gasteiger charge is 2.19. The van der Waals surface area contributed by atoms with E-state index >= 15 is 0 Å². The van der Waals surface area contributed by atoms with Gasteiger partial charge in [0.1, 0.15) is 13.2 Å². The molecule has 0 saturated carbocycles. The van der Waals surface area contributed by atoms with Crippen molar-refractivity contribution in [3.05, 3.63) is 97.2 Å². The van der Waals surface area contributed by atoms with Crippen molar-refractivity contribution in [2.75, 3.05) is 13.2 Å². The zero-order valence-electron chi connectivity index (χ0n) is 51.4. The van der Waals surface area contributed by atoms with Crippen LogP contribution in [0.1, 0.15) is 323 Å². The quantitative estimate of drug-likeness (QED) is 0.0261. The monoisotopic (exact) mass is 1080 g/mol. The highest BCUT2D eigenvalue weighted by Crippen LogP contribution is 2.16. The van der Waals surface area contributed by atoms with Gasteiger partial charge in [0.2, 0.25) is 0 Å². The van der Waals surface area contributed by atoms with Gasteiger partial charge in [0.25, 0.3) is 0 Å². The number of rotatable bonds is 60. The van der Waals surface area contributed by atoms with Gasteiger partial charge in [-0.2, -0.15) is 0 Å². The maximum Gasteiger partial charge on any atom is 0.306 e. The molecule has 78 heavy (non-hydrogen) atoms. The molecule has 0 aromatic rings. The molecule has 448 valence electrons. The fourth-order valence-corrected chi connectivity index (χ4v) is 9.36. The van der Waals surface area contributed by atoms with Crippen LogP contribution in [0.15, 0.2) is 97.2 Å². The van der Waals surface area contributed by atoms with Crippen LogP contribution in [-0.4, -0.2) is 37.2 Å². The van der Waals surface area contributed by atoms with Gasteiger partial charge < -0.3 is 14.2 Å². The largest absolute Gasteiger partial charge is 0.462 e. The van der Waals surface area contributed by atoms with Gasteiger partial charge in [0.15, 0.2) is 6.10 Å². The average molecular weight is 1090 g/mol. The van der Waals surface area contributed by atoms with E-state index in [4.69, 9.17) is 14.2 Å². The zero-order chi connectivity index (χ0) is 56.4. The summed E-state index contributed by atoms with van der Waals surface area (Å²) in [4.78, 5) is 38.3. The molecule has 6 heteroatoms. The number of hydrogen-bond acceptors (Lipinski definition) is 6. The maximum absolute atomic E-state index is 12.9. The Morgan fingerprint density at radius 3 is 0.782 bits per heavy atom. The molecule has 0 aromatic carbocycles. The van der Waals surface area contributed by atoms with Gasteiger partial charge in [0, 0.05) is 19.3 Å². The number of hydrogen-bond donors (Lipinski definition) is 0. The Labute approximate surface area is 483 Å². The second-order valence-corrected chi connectivity index (χ2v) is 22.0. The third-order valence-electron chi connectivity index (χ3n) is 14.3. The van der Waals surface area contributed by atoms with Crippen molar-refractivity contribution < 1.29 is 28.6 Å². The topological polar surface area (TPSA) is 78.9 Å². The lowest BCUT2D eigenvalue weighted by Crippen LogP contribution is -2.30. The van der Waals surface area contributed by atoms with E-state index in [1.165, 1.54) is 167 Å². The van der Waals surface area contributed by atoms with Crippen LogP contribution in [0, 0.1) is 0 Å². The lowest BCUT2D eigenvalue weighted by Gasteiger charge is -2.18. The minimum atomic E-state index is -0.784. The smallest absolute Gasteiger partial charge is 0.306 e. The third kappa shape index (κ3) is 63.2. The van der Waals surface area contributed by atoms with Crippen LogP contribution in [0.25, 0.3) is 0 Å². The lowest BCUT2D eigenvalue weighted by molar-refractivity contribution is -0.167. The van der Waals surface area contributed by atoms with E-state index in [1.54, 1.807) is 0 Å². The Morgan fingerprint density at radius 2 is 0.500 bits per heavy atom. The van der Waals surface area contributed by atoms with E-state index in [0.29, 0.717) is 19.3 Å². The van der Waals surface area contributed by atoms with Crippen molar-refractivity contribution >= 4 is 17.9 Å². The van der Waals surface area contributed by atoms with Crippen LogP contribution >= 0.6 is 0 Å². The Morgan fingerprint density at radius 1 is 0.269 bits per heavy atom. The maximum atomic E-state index is 12.9. The Hall–Kier alpha value is -3.67. The number of carbonyl (C=O) groups excluding carboxylic acids is 3. The van der Waals surface area contributed by atoms with E-state index in [0.717, 1.165) is 116 Å². The number of allylic oxidation sites excluding steroid dienone is 16. The number of ether oxygens (including phenoxy) is 3. The van der Waals surface area contributed by atoms with Gasteiger partial charge in [-0.1, -0.05) is 298 Å². The molecule has 0 N–H and O–H groups in total. The molecule has 0 heterocycles. The molecule has 0 aromatic heterocycles. The first kappa shape index (κ1) is 74.3. The number of carbonyl (C=O) groups is 3. The molecule has 0 spiro atoms. The third-order valence-corrected chi connectivity index (χ3v) is 14.3. The normalized spacial score (nSPS) is 12.7. The minimum absolute atomic E-state index is 0.0799. The van der Waals surface area contributed by atoms with Crippen molar-refractivity contribution in [2.24, 2.45) is 0 Å². The van der Waals surface area contributed by atoms with Crippen LogP contribution in [0.4, 0.5) is 0 Å². The van der Waals surface area contributed by atoms with Crippen molar-refractivity contribution in [1.82, 2.24) is 0 Å². The van der Waals surface area contributed by atoms with E-state index in [1.807, 2.05) is 0 Å².